The smallest absolute Gasteiger partial charge is 0.257 e. The molecule has 0 saturated heterocycles. The van der Waals surface area contributed by atoms with Crippen LogP contribution in [0.4, 0.5) is 10.1 Å². The normalized spacial score (nSPS) is 10.2. The summed E-state index contributed by atoms with van der Waals surface area (Å²) in [5.41, 5.74) is 1.49. The molecule has 2 aromatic rings. The number of rotatable bonds is 2. The lowest BCUT2D eigenvalue weighted by molar-refractivity contribution is 0.102. The molecule has 0 spiro atoms. The molecule has 5 heteroatoms. The van der Waals surface area contributed by atoms with Gasteiger partial charge in [0.2, 0.25) is 0 Å². The Labute approximate surface area is 112 Å². The van der Waals surface area contributed by atoms with Gasteiger partial charge in [0.25, 0.3) is 5.91 Å². The lowest BCUT2D eigenvalue weighted by Gasteiger charge is -2.06. The highest BCUT2D eigenvalue weighted by Gasteiger charge is 2.07. The second-order valence-electron chi connectivity index (χ2n) is 3.79. The van der Waals surface area contributed by atoms with Gasteiger partial charge >= 0.3 is 0 Å². The van der Waals surface area contributed by atoms with E-state index in [0.29, 0.717) is 21.4 Å². The number of hydrogen-bond acceptors (Lipinski definition) is 2. The van der Waals surface area contributed by atoms with Crippen molar-refractivity contribution >= 4 is 27.5 Å². The number of nitrogens with zero attached hydrogens (tertiary/aromatic N) is 1. The van der Waals surface area contributed by atoms with Crippen LogP contribution in [-0.4, -0.2) is 10.9 Å². The minimum absolute atomic E-state index is 0.277. The first kappa shape index (κ1) is 12.7. The zero-order valence-corrected chi connectivity index (χ0v) is 11.2. The molecule has 1 amide bonds. The quantitative estimate of drug-likeness (QED) is 0.862. The van der Waals surface area contributed by atoms with Crippen LogP contribution < -0.4 is 5.32 Å². The van der Waals surface area contributed by atoms with E-state index in [0.717, 1.165) is 0 Å². The topological polar surface area (TPSA) is 42.0 Å². The van der Waals surface area contributed by atoms with Crippen molar-refractivity contribution in [3.63, 3.8) is 0 Å². The van der Waals surface area contributed by atoms with E-state index < -0.39 is 0 Å². The number of halogens is 2. The maximum absolute atomic E-state index is 13.1. The highest BCUT2D eigenvalue weighted by Crippen LogP contribution is 2.15. The van der Waals surface area contributed by atoms with Crippen LogP contribution >= 0.6 is 15.9 Å². The van der Waals surface area contributed by atoms with Crippen molar-refractivity contribution in [3.8, 4) is 0 Å². The number of carbonyl (C=O) groups is 1. The molecule has 0 radical (unpaired) electrons. The Morgan fingerprint density at radius 1 is 1.33 bits per heavy atom. The van der Waals surface area contributed by atoms with Crippen LogP contribution in [0.2, 0.25) is 0 Å². The lowest BCUT2D eigenvalue weighted by Crippen LogP contribution is -2.12. The lowest BCUT2D eigenvalue weighted by atomic mass is 10.2. The fraction of sp³-hybridized carbons (Fsp3) is 0.0769. The predicted molar refractivity (Wildman–Crippen MR) is 71.0 cm³/mol. The summed E-state index contributed by atoms with van der Waals surface area (Å²) in [6.45, 7) is 1.65. The van der Waals surface area contributed by atoms with Crippen LogP contribution in [0.1, 0.15) is 15.9 Å². The maximum atomic E-state index is 13.1. The Morgan fingerprint density at radius 2 is 2.11 bits per heavy atom. The first-order valence-corrected chi connectivity index (χ1v) is 6.04. The van der Waals surface area contributed by atoms with Gasteiger partial charge in [-0.2, -0.15) is 0 Å². The third-order valence-electron chi connectivity index (χ3n) is 2.41. The maximum Gasteiger partial charge on any atom is 0.257 e. The summed E-state index contributed by atoms with van der Waals surface area (Å²) >= 11 is 3.19. The number of pyridine rings is 1. The number of hydrogen-bond donors (Lipinski definition) is 1. The van der Waals surface area contributed by atoms with Crippen molar-refractivity contribution in [1.29, 1.82) is 0 Å². The first-order chi connectivity index (χ1) is 8.56. The number of aromatic nitrogens is 1. The molecule has 18 heavy (non-hydrogen) atoms. The molecule has 0 bridgehead atoms. The van der Waals surface area contributed by atoms with Gasteiger partial charge in [-0.1, -0.05) is 0 Å². The molecule has 0 fully saturated rings. The second-order valence-corrected chi connectivity index (χ2v) is 4.60. The zero-order valence-electron chi connectivity index (χ0n) is 9.58. The number of amides is 1. The van der Waals surface area contributed by atoms with E-state index in [1.165, 1.54) is 18.3 Å². The van der Waals surface area contributed by atoms with E-state index in [-0.39, 0.29) is 11.7 Å². The average Bonchev–Trinajstić information content (AvgIpc) is 2.34. The molecule has 0 aliphatic heterocycles. The summed E-state index contributed by atoms with van der Waals surface area (Å²) in [6, 6.07) is 7.77. The van der Waals surface area contributed by atoms with Gasteiger partial charge < -0.3 is 5.32 Å². The molecular weight excluding hydrogens is 299 g/mol. The predicted octanol–water partition coefficient (Wildman–Crippen LogP) is 3.54. The van der Waals surface area contributed by atoms with Crippen molar-refractivity contribution in [2.75, 3.05) is 5.32 Å². The fourth-order valence-electron chi connectivity index (χ4n) is 1.44. The van der Waals surface area contributed by atoms with E-state index in [9.17, 15) is 9.18 Å². The van der Waals surface area contributed by atoms with Gasteiger partial charge in [0, 0.05) is 11.9 Å². The molecule has 1 aromatic carbocycles. The number of benzene rings is 1. The van der Waals surface area contributed by atoms with Gasteiger partial charge in [0.05, 0.1) is 5.56 Å². The zero-order chi connectivity index (χ0) is 13.1. The van der Waals surface area contributed by atoms with Crippen molar-refractivity contribution in [1.82, 2.24) is 4.98 Å². The van der Waals surface area contributed by atoms with Gasteiger partial charge in [0.15, 0.2) is 0 Å². The average molecular weight is 309 g/mol. The summed E-state index contributed by atoms with van der Waals surface area (Å²) in [7, 11) is 0. The van der Waals surface area contributed by atoms with Gasteiger partial charge in [-0.25, -0.2) is 9.37 Å². The van der Waals surface area contributed by atoms with E-state index in [4.69, 9.17) is 0 Å². The van der Waals surface area contributed by atoms with E-state index >= 15 is 0 Å². The van der Waals surface area contributed by atoms with Crippen molar-refractivity contribution in [2.24, 2.45) is 0 Å². The van der Waals surface area contributed by atoms with Crippen LogP contribution in [0.3, 0.4) is 0 Å². The van der Waals surface area contributed by atoms with E-state index in [2.05, 4.69) is 26.2 Å². The summed E-state index contributed by atoms with van der Waals surface area (Å²) in [4.78, 5) is 15.8. The van der Waals surface area contributed by atoms with Crippen molar-refractivity contribution in [2.45, 2.75) is 6.92 Å². The summed E-state index contributed by atoms with van der Waals surface area (Å²) in [6.07, 6.45) is 1.47. The first-order valence-electron chi connectivity index (χ1n) is 5.25. The molecule has 0 saturated carbocycles. The molecule has 0 aliphatic rings. The van der Waals surface area contributed by atoms with E-state index in [1.807, 2.05) is 0 Å². The highest BCUT2D eigenvalue weighted by atomic mass is 79.9. The number of anilines is 1. The molecule has 0 aliphatic carbocycles. The minimum Gasteiger partial charge on any atom is -0.322 e. The molecule has 0 atom stereocenters. The number of carbonyl (C=O) groups excluding carboxylic acids is 1. The Balaban J connectivity index is 2.16. The molecule has 1 N–H and O–H groups in total. The molecule has 1 heterocycles. The van der Waals surface area contributed by atoms with E-state index in [1.54, 1.807) is 25.1 Å². The molecule has 3 nitrogen and oxygen atoms in total. The highest BCUT2D eigenvalue weighted by molar-refractivity contribution is 9.10. The fourth-order valence-corrected chi connectivity index (χ4v) is 1.67. The molecule has 2 rings (SSSR count). The number of nitrogens with one attached hydrogen (secondary N) is 1. The third kappa shape index (κ3) is 2.92. The Bertz CT molecular complexity index is 584. The van der Waals surface area contributed by atoms with Crippen LogP contribution in [0.25, 0.3) is 0 Å². The summed E-state index contributed by atoms with van der Waals surface area (Å²) in [5.74, 6) is -0.570. The van der Waals surface area contributed by atoms with Crippen LogP contribution in [0.15, 0.2) is 41.1 Å². The Morgan fingerprint density at radius 3 is 2.72 bits per heavy atom. The summed E-state index contributed by atoms with van der Waals surface area (Å²) < 4.78 is 13.7. The van der Waals surface area contributed by atoms with Gasteiger partial charge in [0.1, 0.15) is 10.4 Å². The Kier molecular flexibility index (Phi) is 3.72. The van der Waals surface area contributed by atoms with Gasteiger partial charge in [-0.3, -0.25) is 4.79 Å². The number of aryl methyl sites for hydroxylation is 1. The van der Waals surface area contributed by atoms with Gasteiger partial charge in [-0.15, -0.1) is 0 Å². The van der Waals surface area contributed by atoms with Crippen LogP contribution in [-0.2, 0) is 0 Å². The Hall–Kier alpha value is -1.75. The third-order valence-corrected chi connectivity index (χ3v) is 2.87. The molecule has 0 unspecified atom stereocenters. The van der Waals surface area contributed by atoms with Gasteiger partial charge in [-0.05, 0) is 58.7 Å². The standard InChI is InChI=1S/C13H10BrFN2O/c1-8-6-10(3-4-11(8)15)17-13(18)9-2-5-12(14)16-7-9/h2-7H,1H3,(H,17,18). The van der Waals surface area contributed by atoms with Crippen molar-refractivity contribution in [3.05, 3.63) is 58.1 Å². The van der Waals surface area contributed by atoms with Crippen LogP contribution in [0, 0.1) is 12.7 Å². The largest absolute Gasteiger partial charge is 0.322 e. The molecule has 1 aromatic heterocycles. The monoisotopic (exact) mass is 308 g/mol. The van der Waals surface area contributed by atoms with Crippen molar-refractivity contribution < 1.29 is 9.18 Å². The second kappa shape index (κ2) is 5.27. The molecule has 92 valence electrons. The summed E-state index contributed by atoms with van der Waals surface area (Å²) in [5, 5.41) is 2.68. The van der Waals surface area contributed by atoms with Crippen LogP contribution in [0.5, 0.6) is 0 Å². The minimum atomic E-state index is -0.293. The molecular formula is C13H10BrFN2O. The SMILES string of the molecule is Cc1cc(NC(=O)c2ccc(Br)nc2)ccc1F.